The van der Waals surface area contributed by atoms with Crippen LogP contribution in [0.5, 0.6) is 0 Å². The monoisotopic (exact) mass is 559 g/mol. The van der Waals surface area contributed by atoms with Crippen LogP contribution >= 0.6 is 0 Å². The van der Waals surface area contributed by atoms with Crippen molar-refractivity contribution < 1.29 is 23.2 Å². The van der Waals surface area contributed by atoms with Crippen molar-refractivity contribution in [3.05, 3.63) is 90.2 Å². The Kier molecular flexibility index (Phi) is 7.43. The fourth-order valence-corrected chi connectivity index (χ4v) is 4.08. The van der Waals surface area contributed by atoms with E-state index in [4.69, 9.17) is 4.52 Å². The number of imidazole rings is 1. The van der Waals surface area contributed by atoms with Crippen LogP contribution in [0.15, 0.2) is 65.8 Å². The van der Waals surface area contributed by atoms with Gasteiger partial charge in [-0.25, -0.2) is 18.7 Å². The number of fused-ring (bicyclic) bond motifs is 1. The number of amides is 1. The molecule has 1 amide bonds. The number of halogens is 2. The van der Waals surface area contributed by atoms with Crippen LogP contribution in [0.3, 0.4) is 0 Å². The van der Waals surface area contributed by atoms with E-state index in [0.29, 0.717) is 44.9 Å². The second-order valence-corrected chi connectivity index (χ2v) is 10.3. The van der Waals surface area contributed by atoms with E-state index in [2.05, 4.69) is 42.3 Å². The average Bonchev–Trinajstić information content (AvgIpc) is 3.61. The van der Waals surface area contributed by atoms with Crippen LogP contribution in [0.4, 0.5) is 14.5 Å². The van der Waals surface area contributed by atoms with Crippen LogP contribution in [0.1, 0.15) is 44.3 Å². The van der Waals surface area contributed by atoms with Crippen molar-refractivity contribution in [3.8, 4) is 22.5 Å². The third-order valence-electron chi connectivity index (χ3n) is 6.26. The number of hydrogen-bond donors (Lipinski definition) is 4. The van der Waals surface area contributed by atoms with Gasteiger partial charge in [-0.1, -0.05) is 44.6 Å². The Balaban J connectivity index is 1.40. The molecular weight excluding hydrogens is 532 g/mol. The summed E-state index contributed by atoms with van der Waals surface area (Å²) in [4.78, 5) is 28.1. The molecule has 2 aromatic carbocycles. The van der Waals surface area contributed by atoms with E-state index in [-0.39, 0.29) is 23.7 Å². The molecular formula is C29H27F2N7O3. The lowest BCUT2D eigenvalue weighted by molar-refractivity contribution is -0.111. The minimum absolute atomic E-state index is 0.00238. The van der Waals surface area contributed by atoms with E-state index in [9.17, 15) is 14.3 Å². The van der Waals surface area contributed by atoms with Gasteiger partial charge in [0.1, 0.15) is 23.0 Å². The molecule has 0 spiro atoms. The maximum Gasteiger partial charge on any atom is 0.270 e. The molecule has 0 aliphatic heterocycles. The van der Waals surface area contributed by atoms with Crippen LogP contribution in [0.25, 0.3) is 33.7 Å². The normalized spacial score (nSPS) is 12.4. The Bertz CT molecular complexity index is 1760. The lowest BCUT2D eigenvalue weighted by Gasteiger charge is -2.12. The smallest absolute Gasteiger partial charge is 0.270 e. The number of carbonyl (C=O) groups excluding carboxylic acids is 1. The number of anilines is 1. The van der Waals surface area contributed by atoms with Crippen molar-refractivity contribution in [2.24, 2.45) is 0 Å². The summed E-state index contributed by atoms with van der Waals surface area (Å²) in [5.41, 5.74) is 2.54. The highest BCUT2D eigenvalue weighted by molar-refractivity contribution is 6.02. The van der Waals surface area contributed by atoms with Gasteiger partial charge in [0, 0.05) is 34.8 Å². The number of H-pyrrole nitrogens is 1. The number of aliphatic hydroxyl groups is 1. The molecule has 3 aromatic heterocycles. The Morgan fingerprint density at radius 3 is 2.66 bits per heavy atom. The van der Waals surface area contributed by atoms with Gasteiger partial charge in [0.15, 0.2) is 17.7 Å². The minimum Gasteiger partial charge on any atom is -0.370 e. The zero-order valence-corrected chi connectivity index (χ0v) is 22.5. The van der Waals surface area contributed by atoms with Crippen LogP contribution < -0.4 is 10.6 Å². The number of nitrogens with zero attached hydrogens (tertiary/aromatic N) is 4. The number of carbonyl (C=O) groups is 1. The molecule has 0 fully saturated rings. The molecule has 12 heteroatoms. The Morgan fingerprint density at radius 2 is 1.95 bits per heavy atom. The van der Waals surface area contributed by atoms with Crippen LogP contribution in [0.2, 0.25) is 0 Å². The average molecular weight is 560 g/mol. The minimum atomic E-state index is -1.27. The first-order valence-electron chi connectivity index (χ1n) is 12.7. The number of pyridine rings is 1. The van der Waals surface area contributed by atoms with Gasteiger partial charge in [0.25, 0.3) is 5.89 Å². The third-order valence-corrected chi connectivity index (χ3v) is 6.26. The second kappa shape index (κ2) is 11.0. The van der Waals surface area contributed by atoms with E-state index >= 15 is 4.39 Å². The summed E-state index contributed by atoms with van der Waals surface area (Å²) in [5, 5.41) is 19.7. The molecule has 210 valence electrons. The highest BCUT2D eigenvalue weighted by Gasteiger charge is 2.24. The summed E-state index contributed by atoms with van der Waals surface area (Å²) in [7, 11) is 0. The first-order valence-corrected chi connectivity index (χ1v) is 12.7. The number of nitrogens with one attached hydrogen (secondary N) is 3. The number of benzene rings is 2. The summed E-state index contributed by atoms with van der Waals surface area (Å²) in [5.74, 6) is -0.782. The van der Waals surface area contributed by atoms with Crippen molar-refractivity contribution in [1.82, 2.24) is 30.4 Å². The van der Waals surface area contributed by atoms with Crippen LogP contribution in [-0.4, -0.2) is 36.1 Å². The molecule has 5 aromatic rings. The molecule has 1 atom stereocenters. The topological polar surface area (TPSA) is 142 Å². The largest absolute Gasteiger partial charge is 0.370 e. The fraction of sp³-hybridized carbons (Fsp3) is 0.207. The highest BCUT2D eigenvalue weighted by Crippen LogP contribution is 2.33. The predicted octanol–water partition coefficient (Wildman–Crippen LogP) is 5.16. The zero-order valence-electron chi connectivity index (χ0n) is 22.5. The quantitative estimate of drug-likeness (QED) is 0.151. The Labute approximate surface area is 233 Å². The molecule has 0 aliphatic carbocycles. The SMILES string of the molecule is C=CC(=O)Nc1ccc(F)cc1-c1nc2c(-c3ccc(CNC(O)c4nc(C(C)(C)C)no4)c(F)c3)ccnc2[nH]1. The van der Waals surface area contributed by atoms with Gasteiger partial charge in [-0.3, -0.25) is 10.1 Å². The van der Waals surface area contributed by atoms with Crippen LogP contribution in [-0.2, 0) is 16.8 Å². The van der Waals surface area contributed by atoms with Crippen molar-refractivity contribution >= 4 is 22.8 Å². The Morgan fingerprint density at radius 1 is 1.15 bits per heavy atom. The molecule has 0 aliphatic rings. The van der Waals surface area contributed by atoms with Gasteiger partial charge in [-0.15, -0.1) is 0 Å². The van der Waals surface area contributed by atoms with Gasteiger partial charge >= 0.3 is 0 Å². The van der Waals surface area contributed by atoms with Gasteiger partial charge in [0.05, 0.1) is 5.69 Å². The van der Waals surface area contributed by atoms with Gasteiger partial charge in [-0.05, 0) is 42.0 Å². The zero-order chi connectivity index (χ0) is 29.3. The van der Waals surface area contributed by atoms with Gasteiger partial charge < -0.3 is 19.9 Å². The maximum absolute atomic E-state index is 15.2. The molecule has 0 saturated heterocycles. The fourth-order valence-electron chi connectivity index (χ4n) is 4.08. The summed E-state index contributed by atoms with van der Waals surface area (Å²) >= 11 is 0. The summed E-state index contributed by atoms with van der Waals surface area (Å²) in [6, 6.07) is 10.2. The number of aromatic amines is 1. The lowest BCUT2D eigenvalue weighted by atomic mass is 9.96. The Hall–Kier alpha value is -4.81. The van der Waals surface area contributed by atoms with E-state index in [1.165, 1.54) is 24.3 Å². The maximum atomic E-state index is 15.2. The lowest BCUT2D eigenvalue weighted by Crippen LogP contribution is -2.22. The highest BCUT2D eigenvalue weighted by atomic mass is 19.1. The summed E-state index contributed by atoms with van der Waals surface area (Å²) in [6.07, 6.45) is 1.38. The second-order valence-electron chi connectivity index (χ2n) is 10.3. The number of rotatable bonds is 8. The van der Waals surface area contributed by atoms with Gasteiger partial charge in [0.2, 0.25) is 5.91 Å². The standard InChI is InChI=1S/C29H27F2N7O3/c1-5-22(39)34-21-9-8-17(30)13-19(21)24-35-23-18(10-11-32-25(23)36-24)15-6-7-16(20(31)12-15)14-33-26(40)27-37-28(38-41-27)29(2,3)4/h5-13,26,33,40H,1,14H2,2-4H3,(H,34,39)(H,32,35,36). The summed E-state index contributed by atoms with van der Waals surface area (Å²) < 4.78 is 34.4. The molecule has 0 radical (unpaired) electrons. The van der Waals surface area contributed by atoms with Crippen molar-refractivity contribution in [1.29, 1.82) is 0 Å². The molecule has 3 heterocycles. The summed E-state index contributed by atoms with van der Waals surface area (Å²) in [6.45, 7) is 9.19. The molecule has 10 nitrogen and oxygen atoms in total. The predicted molar refractivity (Wildman–Crippen MR) is 148 cm³/mol. The van der Waals surface area contributed by atoms with E-state index in [0.717, 1.165) is 6.08 Å². The van der Waals surface area contributed by atoms with Crippen molar-refractivity contribution in [2.75, 3.05) is 5.32 Å². The number of aromatic nitrogens is 5. The molecule has 0 saturated carbocycles. The molecule has 1 unspecified atom stereocenters. The first-order chi connectivity index (χ1) is 19.5. The molecule has 0 bridgehead atoms. The number of aliphatic hydroxyl groups excluding tert-OH is 1. The van der Waals surface area contributed by atoms with Crippen molar-refractivity contribution in [3.63, 3.8) is 0 Å². The van der Waals surface area contributed by atoms with E-state index < -0.39 is 23.8 Å². The van der Waals surface area contributed by atoms with Crippen molar-refractivity contribution in [2.45, 2.75) is 39.0 Å². The van der Waals surface area contributed by atoms with E-state index in [1.54, 1.807) is 24.4 Å². The van der Waals surface area contributed by atoms with Gasteiger partial charge in [-0.2, -0.15) is 4.98 Å². The van der Waals surface area contributed by atoms with E-state index in [1.807, 2.05) is 20.8 Å². The third kappa shape index (κ3) is 5.88. The molecule has 5 rings (SSSR count). The first kappa shape index (κ1) is 27.7. The molecule has 41 heavy (non-hydrogen) atoms. The molecule has 4 N–H and O–H groups in total. The number of hydrogen-bond acceptors (Lipinski definition) is 8. The van der Waals surface area contributed by atoms with Crippen LogP contribution in [0, 0.1) is 11.6 Å².